The molecule has 0 saturated carbocycles. The van der Waals surface area contributed by atoms with Crippen molar-refractivity contribution in [1.82, 2.24) is 9.78 Å². The quantitative estimate of drug-likeness (QED) is 0.827. The number of carboxylic acid groups (broad SMARTS) is 1. The van der Waals surface area contributed by atoms with Gasteiger partial charge in [0.25, 0.3) is 0 Å². The van der Waals surface area contributed by atoms with Gasteiger partial charge in [-0.05, 0) is 18.6 Å². The van der Waals surface area contributed by atoms with Gasteiger partial charge in [0.15, 0.2) is 5.69 Å². The van der Waals surface area contributed by atoms with E-state index >= 15 is 0 Å². The zero-order valence-electron chi connectivity index (χ0n) is 9.08. The molecule has 0 aliphatic heterocycles. The summed E-state index contributed by atoms with van der Waals surface area (Å²) in [5.74, 6) is -1.08. The molecule has 1 aromatic heterocycles. The van der Waals surface area contributed by atoms with Crippen LogP contribution in [0.4, 0.5) is 0 Å². The first-order valence-electron chi connectivity index (χ1n) is 5.20. The first-order valence-corrected chi connectivity index (χ1v) is 5.20. The number of carbonyl (C=O) groups is 1. The van der Waals surface area contributed by atoms with E-state index in [1.807, 2.05) is 30.3 Å². The second-order valence-corrected chi connectivity index (χ2v) is 3.56. The van der Waals surface area contributed by atoms with Crippen molar-refractivity contribution >= 4 is 5.97 Å². The molecule has 1 heterocycles. The minimum Gasteiger partial charge on any atom is -0.476 e. The number of rotatable bonds is 4. The Morgan fingerprint density at radius 2 is 2.00 bits per heavy atom. The van der Waals surface area contributed by atoms with E-state index in [9.17, 15) is 4.79 Å². The van der Waals surface area contributed by atoms with Crippen molar-refractivity contribution in [3.05, 3.63) is 47.8 Å². The number of aliphatic hydroxyl groups is 1. The average molecular weight is 232 g/mol. The van der Waals surface area contributed by atoms with Crippen LogP contribution in [0.25, 0.3) is 5.69 Å². The molecule has 1 aromatic carbocycles. The van der Waals surface area contributed by atoms with Gasteiger partial charge >= 0.3 is 5.97 Å². The SMILES string of the molecule is O=C(O)c1nn(-c2ccccc2)cc1CCO. The van der Waals surface area contributed by atoms with Gasteiger partial charge in [-0.2, -0.15) is 5.10 Å². The Morgan fingerprint density at radius 3 is 2.59 bits per heavy atom. The van der Waals surface area contributed by atoms with Gasteiger partial charge in [-0.15, -0.1) is 0 Å². The van der Waals surface area contributed by atoms with E-state index < -0.39 is 5.97 Å². The maximum absolute atomic E-state index is 11.0. The lowest BCUT2D eigenvalue weighted by molar-refractivity contribution is 0.0688. The van der Waals surface area contributed by atoms with E-state index in [4.69, 9.17) is 10.2 Å². The van der Waals surface area contributed by atoms with Gasteiger partial charge in [0.1, 0.15) is 0 Å². The van der Waals surface area contributed by atoms with Gasteiger partial charge < -0.3 is 10.2 Å². The van der Waals surface area contributed by atoms with Crippen molar-refractivity contribution in [1.29, 1.82) is 0 Å². The summed E-state index contributed by atoms with van der Waals surface area (Å²) in [6, 6.07) is 9.24. The summed E-state index contributed by atoms with van der Waals surface area (Å²) in [5.41, 5.74) is 1.31. The normalized spacial score (nSPS) is 10.4. The Bertz CT molecular complexity index is 520. The van der Waals surface area contributed by atoms with Crippen LogP contribution in [0, 0.1) is 0 Å². The summed E-state index contributed by atoms with van der Waals surface area (Å²) in [7, 11) is 0. The second kappa shape index (κ2) is 4.80. The van der Waals surface area contributed by atoms with Gasteiger partial charge in [-0.1, -0.05) is 18.2 Å². The summed E-state index contributed by atoms with van der Waals surface area (Å²) in [4.78, 5) is 11.0. The van der Waals surface area contributed by atoms with Gasteiger partial charge in [-0.3, -0.25) is 0 Å². The number of aliphatic hydroxyl groups excluding tert-OH is 1. The number of para-hydroxylation sites is 1. The lowest BCUT2D eigenvalue weighted by atomic mass is 10.2. The standard InChI is InChI=1S/C12H12N2O3/c15-7-6-9-8-14(13-11(9)12(16)17)10-4-2-1-3-5-10/h1-5,8,15H,6-7H2,(H,16,17). The minimum atomic E-state index is -1.08. The van der Waals surface area contributed by atoms with Gasteiger partial charge in [-0.25, -0.2) is 9.48 Å². The smallest absolute Gasteiger partial charge is 0.356 e. The Hall–Kier alpha value is -2.14. The van der Waals surface area contributed by atoms with E-state index in [0.717, 1.165) is 5.69 Å². The van der Waals surface area contributed by atoms with E-state index in [2.05, 4.69) is 5.10 Å². The maximum Gasteiger partial charge on any atom is 0.356 e. The van der Waals surface area contributed by atoms with E-state index in [0.29, 0.717) is 5.56 Å². The summed E-state index contributed by atoms with van der Waals surface area (Å²) in [5, 5.41) is 21.9. The largest absolute Gasteiger partial charge is 0.476 e. The summed E-state index contributed by atoms with van der Waals surface area (Å²) in [6.07, 6.45) is 1.92. The van der Waals surface area contributed by atoms with Crippen LogP contribution >= 0.6 is 0 Å². The fourth-order valence-electron chi connectivity index (χ4n) is 1.61. The van der Waals surface area contributed by atoms with E-state index in [1.54, 1.807) is 6.20 Å². The zero-order chi connectivity index (χ0) is 12.3. The van der Waals surface area contributed by atoms with Gasteiger partial charge in [0, 0.05) is 18.4 Å². The molecule has 2 N–H and O–H groups in total. The first-order chi connectivity index (χ1) is 8.22. The minimum absolute atomic E-state index is 0.0112. The number of aromatic carboxylic acids is 1. The molecule has 5 nitrogen and oxygen atoms in total. The first kappa shape index (κ1) is 11.3. The van der Waals surface area contributed by atoms with Crippen LogP contribution in [0.2, 0.25) is 0 Å². The topological polar surface area (TPSA) is 75.3 Å². The molecule has 17 heavy (non-hydrogen) atoms. The van der Waals surface area contributed by atoms with Gasteiger partial charge in [0.2, 0.25) is 0 Å². The monoisotopic (exact) mass is 232 g/mol. The van der Waals surface area contributed by atoms with E-state index in [1.165, 1.54) is 4.68 Å². The molecular formula is C12H12N2O3. The lowest BCUT2D eigenvalue weighted by Crippen LogP contribution is -2.03. The number of benzene rings is 1. The number of hydrogen-bond donors (Lipinski definition) is 2. The summed E-state index contributed by atoms with van der Waals surface area (Å²) < 4.78 is 1.51. The molecule has 0 aliphatic rings. The van der Waals surface area contributed by atoms with Crippen molar-refractivity contribution in [3.8, 4) is 5.69 Å². The highest BCUT2D eigenvalue weighted by Gasteiger charge is 2.15. The zero-order valence-corrected chi connectivity index (χ0v) is 9.08. The molecule has 0 unspecified atom stereocenters. The highest BCUT2D eigenvalue weighted by molar-refractivity contribution is 5.87. The van der Waals surface area contributed by atoms with Crippen molar-refractivity contribution in [2.45, 2.75) is 6.42 Å². The highest BCUT2D eigenvalue weighted by Crippen LogP contribution is 2.13. The number of aromatic nitrogens is 2. The third-order valence-corrected chi connectivity index (χ3v) is 2.39. The predicted molar refractivity (Wildman–Crippen MR) is 61.3 cm³/mol. The molecule has 0 atom stereocenters. The van der Waals surface area contributed by atoms with Crippen molar-refractivity contribution < 1.29 is 15.0 Å². The molecule has 0 fully saturated rings. The Kier molecular flexibility index (Phi) is 3.20. The number of nitrogens with zero attached hydrogens (tertiary/aromatic N) is 2. The van der Waals surface area contributed by atoms with Gasteiger partial charge in [0.05, 0.1) is 5.69 Å². The molecule has 0 spiro atoms. The molecule has 5 heteroatoms. The third kappa shape index (κ3) is 2.34. The van der Waals surface area contributed by atoms with Crippen LogP contribution in [0.15, 0.2) is 36.5 Å². The number of hydrogen-bond acceptors (Lipinski definition) is 3. The third-order valence-electron chi connectivity index (χ3n) is 2.39. The van der Waals surface area contributed by atoms with Crippen LogP contribution in [-0.4, -0.2) is 32.6 Å². The highest BCUT2D eigenvalue weighted by atomic mass is 16.4. The molecule has 2 aromatic rings. The molecular weight excluding hydrogens is 220 g/mol. The van der Waals surface area contributed by atoms with Crippen molar-refractivity contribution in [3.63, 3.8) is 0 Å². The Balaban J connectivity index is 2.44. The molecule has 0 amide bonds. The molecule has 0 saturated heterocycles. The number of carboxylic acids is 1. The van der Waals surface area contributed by atoms with Crippen LogP contribution in [0.1, 0.15) is 16.1 Å². The fraction of sp³-hybridized carbons (Fsp3) is 0.167. The molecule has 88 valence electrons. The van der Waals surface area contributed by atoms with Crippen LogP contribution in [-0.2, 0) is 6.42 Å². The predicted octanol–water partition coefficient (Wildman–Crippen LogP) is 1.11. The van der Waals surface area contributed by atoms with Crippen molar-refractivity contribution in [2.24, 2.45) is 0 Å². The van der Waals surface area contributed by atoms with Crippen LogP contribution in [0.3, 0.4) is 0 Å². The summed E-state index contributed by atoms with van der Waals surface area (Å²) >= 11 is 0. The Morgan fingerprint density at radius 1 is 1.29 bits per heavy atom. The Labute approximate surface area is 97.9 Å². The summed E-state index contributed by atoms with van der Waals surface area (Å²) in [6.45, 7) is -0.0965. The fourth-order valence-corrected chi connectivity index (χ4v) is 1.61. The second-order valence-electron chi connectivity index (χ2n) is 3.56. The molecule has 0 radical (unpaired) electrons. The molecule has 0 bridgehead atoms. The molecule has 0 aliphatic carbocycles. The molecule has 2 rings (SSSR count). The van der Waals surface area contributed by atoms with Crippen molar-refractivity contribution in [2.75, 3.05) is 6.61 Å². The average Bonchev–Trinajstić information content (AvgIpc) is 2.75. The lowest BCUT2D eigenvalue weighted by Gasteiger charge is -1.98. The van der Waals surface area contributed by atoms with E-state index in [-0.39, 0.29) is 18.7 Å². The van der Waals surface area contributed by atoms with Crippen LogP contribution < -0.4 is 0 Å². The van der Waals surface area contributed by atoms with Crippen LogP contribution in [0.5, 0.6) is 0 Å². The maximum atomic E-state index is 11.0.